The van der Waals surface area contributed by atoms with E-state index in [9.17, 15) is 0 Å². The first-order valence-electron chi connectivity index (χ1n) is 10.2. The molecule has 1 aromatic rings. The number of hydrogen-bond donors (Lipinski definition) is 0. The molecule has 0 amide bonds. The van der Waals surface area contributed by atoms with Crippen molar-refractivity contribution < 1.29 is 4.74 Å². The van der Waals surface area contributed by atoms with Crippen LogP contribution in [0.25, 0.3) is 0 Å². The quantitative estimate of drug-likeness (QED) is 0.489. The summed E-state index contributed by atoms with van der Waals surface area (Å²) < 4.78 is 7.73. The average molecular weight is 421 g/mol. The summed E-state index contributed by atoms with van der Waals surface area (Å²) in [6, 6.07) is 6.79. The van der Waals surface area contributed by atoms with Gasteiger partial charge >= 0.3 is 0 Å². The SMILES string of the molecule is C[SiH](C)C(C)(C)COc1ccc(Br)cc1C12CC3CC(CC(C3)C1)C2. The lowest BCUT2D eigenvalue weighted by atomic mass is 9.48. The Morgan fingerprint density at radius 1 is 1.08 bits per heavy atom. The summed E-state index contributed by atoms with van der Waals surface area (Å²) in [6.45, 7) is 10.5. The molecule has 0 spiro atoms. The average Bonchev–Trinajstić information content (AvgIpc) is 2.52. The second-order valence-corrected chi connectivity index (χ2v) is 15.1. The molecule has 0 radical (unpaired) electrons. The maximum atomic E-state index is 6.52. The van der Waals surface area contributed by atoms with Crippen LogP contribution in [-0.4, -0.2) is 15.4 Å². The number of halogens is 1. The smallest absolute Gasteiger partial charge is 0.123 e. The molecule has 5 rings (SSSR count). The predicted molar refractivity (Wildman–Crippen MR) is 112 cm³/mol. The highest BCUT2D eigenvalue weighted by Crippen LogP contribution is 2.62. The minimum atomic E-state index is -0.741. The Bertz CT molecular complexity index is 616. The zero-order chi connectivity index (χ0) is 17.8. The third kappa shape index (κ3) is 3.36. The van der Waals surface area contributed by atoms with Gasteiger partial charge in [0, 0.05) is 18.8 Å². The van der Waals surface area contributed by atoms with Gasteiger partial charge in [0.25, 0.3) is 0 Å². The summed E-state index contributed by atoms with van der Waals surface area (Å²) in [4.78, 5) is 0. The van der Waals surface area contributed by atoms with Crippen LogP contribution in [0.15, 0.2) is 22.7 Å². The fourth-order valence-electron chi connectivity index (χ4n) is 5.91. The maximum absolute atomic E-state index is 6.52. The largest absolute Gasteiger partial charge is 0.493 e. The Hall–Kier alpha value is -0.283. The van der Waals surface area contributed by atoms with Crippen molar-refractivity contribution in [2.24, 2.45) is 17.8 Å². The minimum Gasteiger partial charge on any atom is -0.493 e. The van der Waals surface area contributed by atoms with Gasteiger partial charge in [0.05, 0.1) is 6.61 Å². The molecule has 4 fully saturated rings. The van der Waals surface area contributed by atoms with Crippen molar-refractivity contribution in [1.29, 1.82) is 0 Å². The predicted octanol–water partition coefficient (Wildman–Crippen LogP) is 6.56. The van der Waals surface area contributed by atoms with Gasteiger partial charge in [0.1, 0.15) is 5.75 Å². The van der Waals surface area contributed by atoms with Gasteiger partial charge in [0.2, 0.25) is 0 Å². The zero-order valence-corrected chi connectivity index (χ0v) is 19.0. The van der Waals surface area contributed by atoms with Crippen LogP contribution in [0.5, 0.6) is 5.75 Å². The van der Waals surface area contributed by atoms with Crippen molar-refractivity contribution in [3.63, 3.8) is 0 Å². The highest BCUT2D eigenvalue weighted by Gasteiger charge is 2.52. The zero-order valence-electron chi connectivity index (χ0n) is 16.3. The van der Waals surface area contributed by atoms with Crippen LogP contribution in [0.3, 0.4) is 0 Å². The Kier molecular flexibility index (Phi) is 4.64. The third-order valence-electron chi connectivity index (χ3n) is 7.71. The van der Waals surface area contributed by atoms with Gasteiger partial charge in [-0.25, -0.2) is 0 Å². The maximum Gasteiger partial charge on any atom is 0.123 e. The Balaban J connectivity index is 1.64. The highest BCUT2D eigenvalue weighted by molar-refractivity contribution is 9.10. The molecular formula is C22H33BrOSi. The molecule has 1 nitrogen and oxygen atoms in total. The van der Waals surface area contributed by atoms with E-state index in [1.165, 1.54) is 54.3 Å². The van der Waals surface area contributed by atoms with E-state index in [1.807, 2.05) is 0 Å². The van der Waals surface area contributed by atoms with Crippen LogP contribution in [-0.2, 0) is 5.41 Å². The summed E-state index contributed by atoms with van der Waals surface area (Å²) in [5.41, 5.74) is 1.91. The van der Waals surface area contributed by atoms with Crippen LogP contribution in [0.1, 0.15) is 57.9 Å². The lowest BCUT2D eigenvalue weighted by molar-refractivity contribution is -0.00650. The molecule has 0 saturated heterocycles. The molecule has 0 N–H and O–H groups in total. The summed E-state index contributed by atoms with van der Waals surface area (Å²) in [7, 11) is -0.741. The molecule has 0 aliphatic heterocycles. The van der Waals surface area contributed by atoms with E-state index in [-0.39, 0.29) is 0 Å². The molecule has 0 heterocycles. The fraction of sp³-hybridized carbons (Fsp3) is 0.727. The number of rotatable bonds is 5. The standard InChI is InChI=1S/C22H33BrOSi/c1-21(2,25(3)4)14-24-20-6-5-18(23)10-19(20)22-11-15-7-16(12-22)9-17(8-15)13-22/h5-6,10,15-17,25H,7-9,11-14H2,1-4H3. The fourth-order valence-corrected chi connectivity index (χ4v) is 6.69. The molecular weight excluding hydrogens is 388 g/mol. The van der Waals surface area contributed by atoms with Crippen LogP contribution in [0, 0.1) is 17.8 Å². The van der Waals surface area contributed by atoms with Crippen molar-refractivity contribution in [1.82, 2.24) is 0 Å². The number of ether oxygens (including phenoxy) is 1. The minimum absolute atomic E-state index is 0.339. The molecule has 138 valence electrons. The van der Waals surface area contributed by atoms with Gasteiger partial charge in [-0.2, -0.15) is 0 Å². The molecule has 25 heavy (non-hydrogen) atoms. The molecule has 4 bridgehead atoms. The second kappa shape index (κ2) is 6.40. The first-order chi connectivity index (χ1) is 11.8. The second-order valence-electron chi connectivity index (χ2n) is 10.3. The first kappa shape index (κ1) is 18.1. The summed E-state index contributed by atoms with van der Waals surface area (Å²) in [5.74, 6) is 4.08. The third-order valence-corrected chi connectivity index (χ3v) is 11.5. The Morgan fingerprint density at radius 2 is 1.64 bits per heavy atom. The van der Waals surface area contributed by atoms with E-state index in [0.717, 1.165) is 24.4 Å². The molecule has 4 aliphatic rings. The van der Waals surface area contributed by atoms with Gasteiger partial charge in [-0.05, 0) is 84.9 Å². The monoisotopic (exact) mass is 420 g/mol. The van der Waals surface area contributed by atoms with Gasteiger partial charge in [-0.15, -0.1) is 0 Å². The van der Waals surface area contributed by atoms with E-state index < -0.39 is 8.80 Å². The van der Waals surface area contributed by atoms with Crippen LogP contribution < -0.4 is 4.74 Å². The first-order valence-corrected chi connectivity index (χ1v) is 13.9. The Morgan fingerprint density at radius 3 is 2.16 bits per heavy atom. The molecule has 0 aromatic heterocycles. The molecule has 4 aliphatic carbocycles. The van der Waals surface area contributed by atoms with Gasteiger partial charge in [-0.1, -0.05) is 42.9 Å². The van der Waals surface area contributed by atoms with Crippen molar-refractivity contribution in [2.75, 3.05) is 6.61 Å². The van der Waals surface area contributed by atoms with E-state index in [2.05, 4.69) is 61.1 Å². The van der Waals surface area contributed by atoms with E-state index in [1.54, 1.807) is 0 Å². The van der Waals surface area contributed by atoms with Gasteiger partial charge in [0.15, 0.2) is 0 Å². The lowest BCUT2D eigenvalue weighted by Gasteiger charge is -2.57. The van der Waals surface area contributed by atoms with Crippen molar-refractivity contribution >= 4 is 24.7 Å². The van der Waals surface area contributed by atoms with Crippen LogP contribution in [0.4, 0.5) is 0 Å². The van der Waals surface area contributed by atoms with E-state index in [0.29, 0.717) is 10.5 Å². The summed E-state index contributed by atoms with van der Waals surface area (Å²) in [6.07, 6.45) is 8.68. The number of hydrogen-bond acceptors (Lipinski definition) is 1. The van der Waals surface area contributed by atoms with E-state index >= 15 is 0 Å². The molecule has 1 aromatic carbocycles. The van der Waals surface area contributed by atoms with Crippen molar-refractivity contribution in [3.05, 3.63) is 28.2 Å². The molecule has 3 heteroatoms. The van der Waals surface area contributed by atoms with Gasteiger partial charge in [-0.3, -0.25) is 0 Å². The normalized spacial score (nSPS) is 33.9. The van der Waals surface area contributed by atoms with Crippen LogP contribution in [0.2, 0.25) is 18.1 Å². The topological polar surface area (TPSA) is 9.23 Å². The summed E-state index contributed by atoms with van der Waals surface area (Å²) >= 11 is 3.74. The lowest BCUT2D eigenvalue weighted by Crippen LogP contribution is -2.48. The van der Waals surface area contributed by atoms with Crippen molar-refractivity contribution in [2.45, 2.75) is 75.9 Å². The Labute approximate surface area is 163 Å². The molecule has 4 saturated carbocycles. The van der Waals surface area contributed by atoms with Gasteiger partial charge < -0.3 is 4.74 Å². The molecule has 0 unspecified atom stereocenters. The summed E-state index contributed by atoms with van der Waals surface area (Å²) in [5, 5.41) is 0.339. The van der Waals surface area contributed by atoms with Crippen molar-refractivity contribution in [3.8, 4) is 5.75 Å². The van der Waals surface area contributed by atoms with Crippen LogP contribution >= 0.6 is 15.9 Å². The van der Waals surface area contributed by atoms with E-state index in [4.69, 9.17) is 4.74 Å². The number of benzene rings is 1. The highest BCUT2D eigenvalue weighted by atomic mass is 79.9. The molecule has 0 atom stereocenters.